The first-order valence-electron chi connectivity index (χ1n) is 7.06. The fourth-order valence-electron chi connectivity index (χ4n) is 2.54. The van der Waals surface area contributed by atoms with Crippen LogP contribution in [0.4, 0.5) is 0 Å². The molecule has 0 bridgehead atoms. The van der Waals surface area contributed by atoms with E-state index in [9.17, 15) is 15.3 Å². The minimum atomic E-state index is -1.45. The molecule has 0 radical (unpaired) electrons. The number of aliphatic hydroxyl groups excluding tert-OH is 4. The molecule has 126 valence electrons. The highest BCUT2D eigenvalue weighted by Crippen LogP contribution is 2.26. The molecule has 0 saturated carbocycles. The number of ether oxygens (including phenoxy) is 2. The molecule has 7 nitrogen and oxygen atoms in total. The third-order valence-electron chi connectivity index (χ3n) is 3.82. The zero-order valence-electron chi connectivity index (χ0n) is 12.2. The summed E-state index contributed by atoms with van der Waals surface area (Å²) in [6.45, 7) is -0.484. The van der Waals surface area contributed by atoms with Crippen LogP contribution < -0.4 is 4.74 Å². The fourth-order valence-corrected chi connectivity index (χ4v) is 2.54. The van der Waals surface area contributed by atoms with Crippen molar-refractivity contribution in [3.05, 3.63) is 42.5 Å². The molecular weight excluding hydrogens is 304 g/mol. The predicted octanol–water partition coefficient (Wildman–Crippen LogP) is -0.806. The van der Waals surface area contributed by atoms with Crippen LogP contribution in [0.2, 0.25) is 0 Å². The first-order valence-corrected chi connectivity index (χ1v) is 7.06. The largest absolute Gasteiger partial charge is 0.462 e. The first-order chi connectivity index (χ1) is 10.6. The molecule has 5 unspecified atom stereocenters. The monoisotopic (exact) mass is 324 g/mol. The van der Waals surface area contributed by atoms with E-state index < -0.39 is 37.3 Å². The summed E-state index contributed by atoms with van der Waals surface area (Å²) < 4.78 is 10.9. The lowest BCUT2D eigenvalue weighted by Gasteiger charge is -2.39. The van der Waals surface area contributed by atoms with Gasteiger partial charge in [0.25, 0.3) is 0 Å². The van der Waals surface area contributed by atoms with Gasteiger partial charge in [-0.05, 0) is 22.9 Å². The summed E-state index contributed by atoms with van der Waals surface area (Å²) in [5, 5.41) is 40.6. The lowest BCUT2D eigenvalue weighted by Crippen LogP contribution is -2.60. The normalized spacial score (nSPS) is 30.7. The third kappa shape index (κ3) is 3.45. The zero-order chi connectivity index (χ0) is 15.7. The summed E-state index contributed by atoms with van der Waals surface area (Å²) >= 11 is 0. The number of aliphatic hydroxyl groups is 4. The van der Waals surface area contributed by atoms with Crippen LogP contribution in [0.5, 0.6) is 5.75 Å². The molecule has 0 aromatic heterocycles. The molecule has 0 spiro atoms. The van der Waals surface area contributed by atoms with Gasteiger partial charge in [-0.25, -0.2) is 0 Å². The Labute approximate surface area is 132 Å². The van der Waals surface area contributed by atoms with Crippen LogP contribution in [0.25, 0.3) is 10.8 Å². The quantitative estimate of drug-likeness (QED) is 0.584. The second kappa shape index (κ2) is 7.22. The van der Waals surface area contributed by atoms with Gasteiger partial charge < -0.3 is 35.4 Å². The number of benzene rings is 2. The average Bonchev–Trinajstić information content (AvgIpc) is 2.55. The minimum absolute atomic E-state index is 0. The van der Waals surface area contributed by atoms with E-state index in [1.54, 1.807) is 12.1 Å². The Hall–Kier alpha value is -1.74. The van der Waals surface area contributed by atoms with Gasteiger partial charge in [-0.3, -0.25) is 0 Å². The molecule has 5 atom stereocenters. The smallest absolute Gasteiger partial charge is 0.229 e. The molecule has 2 aromatic carbocycles. The molecule has 1 fully saturated rings. The van der Waals surface area contributed by atoms with Crippen molar-refractivity contribution in [1.29, 1.82) is 0 Å². The second-order valence-corrected chi connectivity index (χ2v) is 5.32. The number of hydrogen-bond acceptors (Lipinski definition) is 6. The fraction of sp³-hybridized carbons (Fsp3) is 0.375. The van der Waals surface area contributed by atoms with Gasteiger partial charge >= 0.3 is 0 Å². The standard InChI is InChI=1S/C16H18O6.H2O/c17-8-12-13(18)14(19)15(20)16(22-12)21-11-6-5-9-3-1-2-4-10(9)7-11;/h1-7,12-20H,8H2;1H2. The van der Waals surface area contributed by atoms with Gasteiger partial charge in [0.1, 0.15) is 30.2 Å². The second-order valence-electron chi connectivity index (χ2n) is 5.32. The Morgan fingerprint density at radius 2 is 1.61 bits per heavy atom. The van der Waals surface area contributed by atoms with Crippen LogP contribution in [0.15, 0.2) is 42.5 Å². The van der Waals surface area contributed by atoms with Crippen molar-refractivity contribution < 1.29 is 35.4 Å². The van der Waals surface area contributed by atoms with E-state index in [1.807, 2.05) is 30.3 Å². The highest BCUT2D eigenvalue weighted by atomic mass is 16.7. The number of hydrogen-bond donors (Lipinski definition) is 4. The van der Waals surface area contributed by atoms with Crippen LogP contribution >= 0.6 is 0 Å². The summed E-state index contributed by atoms with van der Waals surface area (Å²) in [5.41, 5.74) is 0. The molecular formula is C16H20O7. The zero-order valence-corrected chi connectivity index (χ0v) is 12.2. The van der Waals surface area contributed by atoms with Gasteiger partial charge in [0.15, 0.2) is 0 Å². The lowest BCUT2D eigenvalue weighted by atomic mass is 9.99. The molecule has 1 aliphatic rings. The third-order valence-corrected chi connectivity index (χ3v) is 3.82. The van der Waals surface area contributed by atoms with E-state index in [1.165, 1.54) is 0 Å². The van der Waals surface area contributed by atoms with E-state index >= 15 is 0 Å². The van der Waals surface area contributed by atoms with E-state index in [2.05, 4.69) is 0 Å². The van der Waals surface area contributed by atoms with Gasteiger partial charge in [0, 0.05) is 0 Å². The van der Waals surface area contributed by atoms with Crippen LogP contribution in [0.1, 0.15) is 0 Å². The van der Waals surface area contributed by atoms with Gasteiger partial charge in [0.05, 0.1) is 6.61 Å². The molecule has 0 amide bonds. The maximum Gasteiger partial charge on any atom is 0.229 e. The highest BCUT2D eigenvalue weighted by Gasteiger charge is 2.44. The van der Waals surface area contributed by atoms with E-state index in [-0.39, 0.29) is 5.48 Å². The Balaban J connectivity index is 0.00000192. The van der Waals surface area contributed by atoms with E-state index in [0.717, 1.165) is 10.8 Å². The average molecular weight is 324 g/mol. The van der Waals surface area contributed by atoms with Crippen molar-refractivity contribution in [3.63, 3.8) is 0 Å². The van der Waals surface area contributed by atoms with Crippen molar-refractivity contribution in [2.75, 3.05) is 6.61 Å². The van der Waals surface area contributed by atoms with Gasteiger partial charge in [0.2, 0.25) is 6.29 Å². The summed E-state index contributed by atoms with van der Waals surface area (Å²) in [6.07, 6.45) is -6.40. The van der Waals surface area contributed by atoms with Crippen LogP contribution in [-0.4, -0.2) is 63.2 Å². The van der Waals surface area contributed by atoms with Crippen molar-refractivity contribution in [1.82, 2.24) is 0 Å². The van der Waals surface area contributed by atoms with Gasteiger partial charge in [-0.1, -0.05) is 30.3 Å². The molecule has 6 N–H and O–H groups in total. The topological polar surface area (TPSA) is 131 Å². The molecule has 1 aliphatic heterocycles. The first kappa shape index (κ1) is 17.6. The SMILES string of the molecule is O.OCC1OC(Oc2ccc3ccccc3c2)C(O)C(O)C1O. The molecule has 2 aromatic rings. The van der Waals surface area contributed by atoms with Crippen LogP contribution in [0.3, 0.4) is 0 Å². The molecule has 3 rings (SSSR count). The predicted molar refractivity (Wildman–Crippen MR) is 82.0 cm³/mol. The summed E-state index contributed by atoms with van der Waals surface area (Å²) in [4.78, 5) is 0. The summed E-state index contributed by atoms with van der Waals surface area (Å²) in [7, 11) is 0. The van der Waals surface area contributed by atoms with E-state index in [4.69, 9.17) is 14.6 Å². The van der Waals surface area contributed by atoms with Gasteiger partial charge in [-0.2, -0.15) is 0 Å². The lowest BCUT2D eigenvalue weighted by molar-refractivity contribution is -0.277. The summed E-state index contributed by atoms with van der Waals surface area (Å²) in [6, 6.07) is 13.1. The maximum atomic E-state index is 9.95. The van der Waals surface area contributed by atoms with Crippen molar-refractivity contribution in [3.8, 4) is 5.75 Å². The maximum absolute atomic E-state index is 9.95. The Bertz CT molecular complexity index is 645. The molecule has 1 saturated heterocycles. The van der Waals surface area contributed by atoms with Crippen LogP contribution in [0, 0.1) is 0 Å². The molecule has 1 heterocycles. The van der Waals surface area contributed by atoms with Crippen LogP contribution in [-0.2, 0) is 4.74 Å². The number of fused-ring (bicyclic) bond motifs is 1. The minimum Gasteiger partial charge on any atom is -0.462 e. The Morgan fingerprint density at radius 1 is 0.913 bits per heavy atom. The van der Waals surface area contributed by atoms with E-state index in [0.29, 0.717) is 5.75 Å². The van der Waals surface area contributed by atoms with Gasteiger partial charge in [-0.15, -0.1) is 0 Å². The Morgan fingerprint density at radius 3 is 2.30 bits per heavy atom. The Kier molecular flexibility index (Phi) is 5.53. The summed E-state index contributed by atoms with van der Waals surface area (Å²) in [5.74, 6) is 0.461. The molecule has 0 aliphatic carbocycles. The van der Waals surface area contributed by atoms with Crippen molar-refractivity contribution >= 4 is 10.8 Å². The van der Waals surface area contributed by atoms with Crippen molar-refractivity contribution in [2.45, 2.75) is 30.7 Å². The number of rotatable bonds is 3. The molecule has 23 heavy (non-hydrogen) atoms. The van der Waals surface area contributed by atoms with Crippen molar-refractivity contribution in [2.24, 2.45) is 0 Å². The molecule has 7 heteroatoms. The highest BCUT2D eigenvalue weighted by molar-refractivity contribution is 5.83.